The van der Waals surface area contributed by atoms with Crippen molar-refractivity contribution in [3.63, 3.8) is 0 Å². The maximum Gasteiger partial charge on any atom is 0.431 e. The van der Waals surface area contributed by atoms with Crippen LogP contribution >= 0.6 is 0 Å². The number of H-pyrrole nitrogens is 1. The van der Waals surface area contributed by atoms with E-state index in [1.807, 2.05) is 38.1 Å². The lowest BCUT2D eigenvalue weighted by molar-refractivity contribution is -0.140. The number of nitrogens with one attached hydrogen (secondary N) is 2. The van der Waals surface area contributed by atoms with E-state index in [-0.39, 0.29) is 29.9 Å². The van der Waals surface area contributed by atoms with Gasteiger partial charge >= 0.3 is 6.18 Å². The van der Waals surface area contributed by atoms with Crippen molar-refractivity contribution < 1.29 is 22.6 Å². The Kier molecular flexibility index (Phi) is 5.21. The number of ether oxygens (including phenoxy) is 2. The summed E-state index contributed by atoms with van der Waals surface area (Å²) in [6.07, 6.45) is -3.09. The number of hydrogen-bond acceptors (Lipinski definition) is 6. The summed E-state index contributed by atoms with van der Waals surface area (Å²) in [4.78, 5) is 12.9. The normalized spacial score (nSPS) is 26.5. The number of rotatable bonds is 3. The van der Waals surface area contributed by atoms with E-state index in [0.717, 1.165) is 30.5 Å². The van der Waals surface area contributed by atoms with E-state index in [2.05, 4.69) is 25.2 Å². The molecule has 0 spiro atoms. The highest BCUT2D eigenvalue weighted by Gasteiger charge is 2.39. The lowest BCUT2D eigenvalue weighted by Crippen LogP contribution is -2.55. The number of fused-ring (bicyclic) bond motifs is 2. The lowest BCUT2D eigenvalue weighted by Gasteiger charge is -2.45. The number of aromatic amines is 1. The van der Waals surface area contributed by atoms with Gasteiger partial charge in [-0.15, -0.1) is 0 Å². The van der Waals surface area contributed by atoms with Gasteiger partial charge in [-0.1, -0.05) is 18.2 Å². The zero-order chi connectivity index (χ0) is 22.5. The van der Waals surface area contributed by atoms with Gasteiger partial charge in [-0.2, -0.15) is 13.2 Å². The molecule has 0 radical (unpaired) electrons. The SMILES string of the molecule is CC1CN(C2COc3ccccc3C2Nc2ncnc3[nH]c(C(F)(F)F)cc23)CC(C)O1. The van der Waals surface area contributed by atoms with Crippen molar-refractivity contribution in [1.29, 1.82) is 0 Å². The number of anilines is 1. The van der Waals surface area contributed by atoms with E-state index in [9.17, 15) is 13.2 Å². The average Bonchev–Trinajstić information content (AvgIpc) is 3.19. The molecule has 2 aromatic heterocycles. The Morgan fingerprint density at radius 3 is 2.62 bits per heavy atom. The summed E-state index contributed by atoms with van der Waals surface area (Å²) >= 11 is 0. The molecule has 7 nitrogen and oxygen atoms in total. The van der Waals surface area contributed by atoms with Gasteiger partial charge in [0.25, 0.3) is 0 Å². The van der Waals surface area contributed by atoms with Crippen molar-refractivity contribution in [1.82, 2.24) is 19.9 Å². The van der Waals surface area contributed by atoms with Crippen molar-refractivity contribution in [3.05, 3.63) is 47.9 Å². The lowest BCUT2D eigenvalue weighted by atomic mass is 9.94. The van der Waals surface area contributed by atoms with E-state index in [1.54, 1.807) is 0 Å². The summed E-state index contributed by atoms with van der Waals surface area (Å²) in [5.41, 5.74) is 0.227. The van der Waals surface area contributed by atoms with Gasteiger partial charge in [0, 0.05) is 18.7 Å². The number of hydrogen-bond donors (Lipinski definition) is 2. The maximum atomic E-state index is 13.3. The predicted octanol–water partition coefficient (Wildman–Crippen LogP) is 4.00. The van der Waals surface area contributed by atoms with Gasteiger partial charge in [0.1, 0.15) is 35.8 Å². The fourth-order valence-electron chi connectivity index (χ4n) is 4.68. The minimum absolute atomic E-state index is 0.0512. The molecule has 0 bridgehead atoms. The number of nitrogens with zero attached hydrogens (tertiary/aromatic N) is 3. The molecule has 10 heteroatoms. The van der Waals surface area contributed by atoms with Crippen LogP contribution in [-0.2, 0) is 10.9 Å². The smallest absolute Gasteiger partial charge is 0.431 e. The van der Waals surface area contributed by atoms with E-state index < -0.39 is 11.9 Å². The van der Waals surface area contributed by atoms with Crippen molar-refractivity contribution in [2.45, 2.75) is 44.3 Å². The fourth-order valence-corrected chi connectivity index (χ4v) is 4.68. The van der Waals surface area contributed by atoms with Crippen molar-refractivity contribution in [2.75, 3.05) is 25.0 Å². The van der Waals surface area contributed by atoms with Gasteiger partial charge in [0.15, 0.2) is 0 Å². The third-order valence-corrected chi connectivity index (χ3v) is 5.99. The number of alkyl halides is 3. The summed E-state index contributed by atoms with van der Waals surface area (Å²) in [7, 11) is 0. The van der Waals surface area contributed by atoms with Gasteiger partial charge in [0.05, 0.1) is 29.7 Å². The summed E-state index contributed by atoms with van der Waals surface area (Å²) in [6.45, 7) is 5.99. The number of morpholine rings is 1. The first-order chi connectivity index (χ1) is 15.3. The molecule has 32 heavy (non-hydrogen) atoms. The fraction of sp³-hybridized carbons (Fsp3) is 0.455. The molecule has 1 aromatic carbocycles. The van der Waals surface area contributed by atoms with E-state index in [4.69, 9.17) is 9.47 Å². The molecule has 4 unspecified atom stereocenters. The molecule has 170 valence electrons. The second-order valence-corrected chi connectivity index (χ2v) is 8.41. The van der Waals surface area contributed by atoms with E-state index >= 15 is 0 Å². The summed E-state index contributed by atoms with van der Waals surface area (Å²) in [6, 6.07) is 8.47. The Balaban J connectivity index is 1.54. The molecule has 1 fully saturated rings. The Hall–Kier alpha value is -2.85. The van der Waals surface area contributed by atoms with Crippen LogP contribution in [-0.4, -0.2) is 57.8 Å². The average molecular weight is 447 g/mol. The van der Waals surface area contributed by atoms with Crippen molar-refractivity contribution >= 4 is 16.9 Å². The number of aromatic nitrogens is 3. The molecule has 1 saturated heterocycles. The first-order valence-corrected chi connectivity index (χ1v) is 10.6. The van der Waals surface area contributed by atoms with Gasteiger partial charge in [-0.3, -0.25) is 4.90 Å². The van der Waals surface area contributed by atoms with Crippen molar-refractivity contribution in [2.24, 2.45) is 0 Å². The van der Waals surface area contributed by atoms with Crippen LogP contribution in [0.2, 0.25) is 0 Å². The Morgan fingerprint density at radius 2 is 1.88 bits per heavy atom. The van der Waals surface area contributed by atoms with Crippen LogP contribution in [0.4, 0.5) is 19.0 Å². The standard InChI is InChI=1S/C22H24F3N5O2/c1-12-8-30(9-13(2)32-12)16-10-31-17-6-4-3-5-14(17)19(16)29-21-15-7-18(22(23,24)25)28-20(15)26-11-27-21/h3-7,11-13,16,19H,8-10H2,1-2H3,(H2,26,27,28,29). The quantitative estimate of drug-likeness (QED) is 0.632. The highest BCUT2D eigenvalue weighted by atomic mass is 19.4. The predicted molar refractivity (Wildman–Crippen MR) is 113 cm³/mol. The molecule has 4 heterocycles. The van der Waals surface area contributed by atoms with Gasteiger partial charge < -0.3 is 19.8 Å². The second kappa shape index (κ2) is 7.93. The summed E-state index contributed by atoms with van der Waals surface area (Å²) in [5, 5.41) is 3.72. The molecule has 0 aliphatic carbocycles. The van der Waals surface area contributed by atoms with Crippen molar-refractivity contribution in [3.8, 4) is 5.75 Å². The molecule has 2 aliphatic rings. The van der Waals surface area contributed by atoms with Crippen LogP contribution in [0.1, 0.15) is 31.1 Å². The minimum atomic E-state index is -4.49. The number of para-hydroxylation sites is 1. The Labute approximate surface area is 182 Å². The molecule has 2 N–H and O–H groups in total. The number of benzene rings is 1. The van der Waals surface area contributed by atoms with E-state index in [0.29, 0.717) is 17.8 Å². The molecular weight excluding hydrogens is 423 g/mol. The Bertz CT molecular complexity index is 1110. The van der Waals surface area contributed by atoms with Crippen LogP contribution in [0.15, 0.2) is 36.7 Å². The molecular formula is C22H24F3N5O2. The van der Waals surface area contributed by atoms with Crippen LogP contribution in [0, 0.1) is 0 Å². The molecule has 0 amide bonds. The Morgan fingerprint density at radius 1 is 1.12 bits per heavy atom. The number of halogens is 3. The van der Waals surface area contributed by atoms with Crippen LogP contribution < -0.4 is 10.1 Å². The largest absolute Gasteiger partial charge is 0.491 e. The molecule has 4 atom stereocenters. The highest BCUT2D eigenvalue weighted by Crippen LogP contribution is 2.39. The zero-order valence-electron chi connectivity index (χ0n) is 17.7. The van der Waals surface area contributed by atoms with Gasteiger partial charge in [-0.25, -0.2) is 9.97 Å². The summed E-state index contributed by atoms with van der Waals surface area (Å²) < 4.78 is 51.7. The second-order valence-electron chi connectivity index (χ2n) is 8.41. The van der Waals surface area contributed by atoms with Gasteiger partial charge in [0.2, 0.25) is 0 Å². The molecule has 3 aromatic rings. The monoisotopic (exact) mass is 447 g/mol. The first kappa shape index (κ1) is 21.0. The third-order valence-electron chi connectivity index (χ3n) is 5.99. The van der Waals surface area contributed by atoms with Crippen LogP contribution in [0.3, 0.4) is 0 Å². The van der Waals surface area contributed by atoms with Crippen LogP contribution in [0.25, 0.3) is 11.0 Å². The van der Waals surface area contributed by atoms with E-state index in [1.165, 1.54) is 6.33 Å². The first-order valence-electron chi connectivity index (χ1n) is 10.6. The van der Waals surface area contributed by atoms with Crippen LogP contribution in [0.5, 0.6) is 5.75 Å². The zero-order valence-corrected chi connectivity index (χ0v) is 17.7. The molecule has 5 rings (SSSR count). The topological polar surface area (TPSA) is 75.3 Å². The third kappa shape index (κ3) is 3.88. The molecule has 0 saturated carbocycles. The highest BCUT2D eigenvalue weighted by molar-refractivity contribution is 5.88. The summed E-state index contributed by atoms with van der Waals surface area (Å²) in [5.74, 6) is 1.11. The minimum Gasteiger partial charge on any atom is -0.491 e. The van der Waals surface area contributed by atoms with Gasteiger partial charge in [-0.05, 0) is 26.0 Å². The maximum absolute atomic E-state index is 13.3. The molecule has 2 aliphatic heterocycles.